The summed E-state index contributed by atoms with van der Waals surface area (Å²) in [4.78, 5) is 0. The summed E-state index contributed by atoms with van der Waals surface area (Å²) in [5.41, 5.74) is 0. The average Bonchev–Trinajstić information content (AvgIpc) is 2.54. The zero-order valence-electron chi connectivity index (χ0n) is 16.7. The Balaban J connectivity index is 1.84. The number of fused-ring (bicyclic) bond motifs is 1. The molecule has 2 aliphatic carbocycles. The van der Waals surface area contributed by atoms with E-state index in [4.69, 9.17) is 0 Å². The number of nitrogens with one attached hydrogen (secondary N) is 2. The Morgan fingerprint density at radius 2 is 1.88 bits per heavy atom. The molecule has 0 aromatic heterocycles. The number of hydrogen-bond donors (Lipinski definition) is 2. The van der Waals surface area contributed by atoms with Gasteiger partial charge < -0.3 is 5.32 Å². The molecule has 2 rings (SSSR count). The lowest BCUT2D eigenvalue weighted by atomic mass is 9.59. The van der Waals surface area contributed by atoms with Gasteiger partial charge in [-0.25, -0.2) is 0 Å². The summed E-state index contributed by atoms with van der Waals surface area (Å²) >= 11 is 0. The molecule has 0 aliphatic heterocycles. The molecule has 2 nitrogen and oxygen atoms in total. The van der Waals surface area contributed by atoms with Crippen LogP contribution in [0.5, 0.6) is 0 Å². The van der Waals surface area contributed by atoms with E-state index < -0.39 is 0 Å². The summed E-state index contributed by atoms with van der Waals surface area (Å²) in [7, 11) is 2.02. The van der Waals surface area contributed by atoms with Gasteiger partial charge in [0.05, 0.1) is 0 Å². The Labute approximate surface area is 151 Å². The second kappa shape index (κ2) is 10.6. The molecule has 2 fully saturated rings. The summed E-state index contributed by atoms with van der Waals surface area (Å²) in [5.74, 6) is 4.78. The van der Waals surface area contributed by atoms with Gasteiger partial charge in [0.1, 0.15) is 0 Å². The first-order valence-electron chi connectivity index (χ1n) is 10.7. The highest BCUT2D eigenvalue weighted by Crippen LogP contribution is 2.50. The monoisotopic (exact) mass is 334 g/mol. The van der Waals surface area contributed by atoms with Gasteiger partial charge in [-0.3, -0.25) is 5.32 Å². The molecule has 0 radical (unpaired) electrons. The Hall–Kier alpha value is -0.340. The van der Waals surface area contributed by atoms with Crippen molar-refractivity contribution in [2.75, 3.05) is 13.7 Å². The molecule has 0 bridgehead atoms. The highest BCUT2D eigenvalue weighted by atomic mass is 15.1. The summed E-state index contributed by atoms with van der Waals surface area (Å²) in [6, 6.07) is 0.525. The van der Waals surface area contributed by atoms with Crippen molar-refractivity contribution in [2.24, 2.45) is 29.6 Å². The Bertz CT molecular complexity index is 363. The summed E-state index contributed by atoms with van der Waals surface area (Å²) in [6.45, 7) is 7.92. The van der Waals surface area contributed by atoms with Crippen molar-refractivity contribution in [2.45, 2.75) is 84.6 Å². The first-order chi connectivity index (χ1) is 11.6. The zero-order chi connectivity index (χ0) is 17.4. The van der Waals surface area contributed by atoms with Crippen molar-refractivity contribution in [3.63, 3.8) is 0 Å². The molecule has 2 N–H and O–H groups in total. The lowest BCUT2D eigenvalue weighted by Crippen LogP contribution is -2.37. The molecular weight excluding hydrogens is 292 g/mol. The van der Waals surface area contributed by atoms with Crippen molar-refractivity contribution in [3.8, 4) is 0 Å². The molecule has 5 unspecified atom stereocenters. The second-order valence-corrected chi connectivity index (χ2v) is 8.79. The van der Waals surface area contributed by atoms with Crippen LogP contribution >= 0.6 is 0 Å². The molecule has 24 heavy (non-hydrogen) atoms. The Morgan fingerprint density at radius 1 is 1.04 bits per heavy atom. The van der Waals surface area contributed by atoms with Crippen LogP contribution < -0.4 is 10.6 Å². The zero-order valence-corrected chi connectivity index (χ0v) is 16.7. The first-order valence-corrected chi connectivity index (χ1v) is 10.7. The fourth-order valence-electron chi connectivity index (χ4n) is 4.80. The maximum absolute atomic E-state index is 3.64. The van der Waals surface area contributed by atoms with Gasteiger partial charge in [-0.05, 0) is 75.2 Å². The van der Waals surface area contributed by atoms with E-state index in [1.165, 1.54) is 57.8 Å². The topological polar surface area (TPSA) is 24.1 Å². The fraction of sp³-hybridized carbons (Fsp3) is 0.909. The van der Waals surface area contributed by atoms with Gasteiger partial charge in [0.2, 0.25) is 0 Å². The molecule has 2 aliphatic rings. The number of allylic oxidation sites excluding steroid dienone is 1. The average molecular weight is 335 g/mol. The van der Waals surface area contributed by atoms with Crippen LogP contribution in [0.3, 0.4) is 0 Å². The van der Waals surface area contributed by atoms with E-state index in [9.17, 15) is 0 Å². The Kier molecular flexibility index (Phi) is 8.83. The lowest BCUT2D eigenvalue weighted by Gasteiger charge is -2.47. The molecule has 2 heteroatoms. The van der Waals surface area contributed by atoms with E-state index >= 15 is 0 Å². The molecule has 0 aromatic rings. The minimum Gasteiger partial charge on any atom is -0.308 e. The SMILES string of the molecule is CCC(C=CC(CCC(C)C)NCNC)CC1CCCC2CCC21. The smallest absolute Gasteiger partial charge is 0.0456 e. The third-order valence-corrected chi connectivity index (χ3v) is 6.57. The lowest BCUT2D eigenvalue weighted by molar-refractivity contribution is 0.0419. The maximum atomic E-state index is 3.64. The van der Waals surface area contributed by atoms with Crippen molar-refractivity contribution in [1.82, 2.24) is 10.6 Å². The van der Waals surface area contributed by atoms with Gasteiger partial charge in [0, 0.05) is 12.7 Å². The van der Waals surface area contributed by atoms with E-state index in [-0.39, 0.29) is 0 Å². The van der Waals surface area contributed by atoms with E-state index in [1.54, 1.807) is 0 Å². The van der Waals surface area contributed by atoms with Crippen molar-refractivity contribution in [3.05, 3.63) is 12.2 Å². The molecule has 0 spiro atoms. The van der Waals surface area contributed by atoms with Gasteiger partial charge in [0.25, 0.3) is 0 Å². The number of hydrogen-bond acceptors (Lipinski definition) is 2. The van der Waals surface area contributed by atoms with Crippen LogP contribution in [0.2, 0.25) is 0 Å². The van der Waals surface area contributed by atoms with Crippen molar-refractivity contribution in [1.29, 1.82) is 0 Å². The maximum Gasteiger partial charge on any atom is 0.0456 e. The normalized spacial score (nSPS) is 29.5. The van der Waals surface area contributed by atoms with E-state index in [1.807, 2.05) is 7.05 Å². The first kappa shape index (κ1) is 20.0. The predicted octanol–water partition coefficient (Wildman–Crippen LogP) is 5.36. The minimum atomic E-state index is 0.525. The van der Waals surface area contributed by atoms with Crippen LogP contribution in [-0.2, 0) is 0 Å². The molecule has 0 amide bonds. The van der Waals surface area contributed by atoms with Crippen molar-refractivity contribution < 1.29 is 0 Å². The molecule has 0 aromatic carbocycles. The fourth-order valence-corrected chi connectivity index (χ4v) is 4.80. The van der Waals surface area contributed by atoms with Crippen LogP contribution in [0.1, 0.15) is 78.6 Å². The van der Waals surface area contributed by atoms with Gasteiger partial charge in [-0.1, -0.05) is 52.2 Å². The van der Waals surface area contributed by atoms with Crippen LogP contribution in [-0.4, -0.2) is 19.8 Å². The summed E-state index contributed by atoms with van der Waals surface area (Å²) in [5, 5.41) is 6.86. The molecular formula is C22H42N2. The summed E-state index contributed by atoms with van der Waals surface area (Å²) in [6.07, 6.45) is 17.9. The van der Waals surface area contributed by atoms with Gasteiger partial charge in [-0.15, -0.1) is 0 Å². The highest BCUT2D eigenvalue weighted by Gasteiger charge is 2.39. The van der Waals surface area contributed by atoms with Crippen LogP contribution in [0, 0.1) is 29.6 Å². The highest BCUT2D eigenvalue weighted by molar-refractivity contribution is 4.99. The van der Waals surface area contributed by atoms with Crippen molar-refractivity contribution >= 4 is 0 Å². The third kappa shape index (κ3) is 6.19. The van der Waals surface area contributed by atoms with Crippen LogP contribution in [0.4, 0.5) is 0 Å². The molecule has 0 saturated heterocycles. The second-order valence-electron chi connectivity index (χ2n) is 8.79. The van der Waals surface area contributed by atoms with Crippen LogP contribution in [0.15, 0.2) is 12.2 Å². The molecule has 5 atom stereocenters. The standard InChI is InChI=1S/C22H42N2/c1-5-18(15-20-8-6-7-19-11-14-22(19)20)10-13-21(24-16-23-4)12-9-17(2)3/h10,13,17-24H,5-9,11-12,14-16H2,1-4H3. The molecule has 140 valence electrons. The number of rotatable bonds is 11. The quantitative estimate of drug-likeness (QED) is 0.393. The van der Waals surface area contributed by atoms with Gasteiger partial charge in [0.15, 0.2) is 0 Å². The summed E-state index contributed by atoms with van der Waals surface area (Å²) < 4.78 is 0. The van der Waals surface area contributed by atoms with Gasteiger partial charge in [-0.2, -0.15) is 0 Å². The van der Waals surface area contributed by atoms with Crippen LogP contribution in [0.25, 0.3) is 0 Å². The minimum absolute atomic E-state index is 0.525. The molecule has 0 heterocycles. The van der Waals surface area contributed by atoms with E-state index in [2.05, 4.69) is 43.6 Å². The Morgan fingerprint density at radius 3 is 2.50 bits per heavy atom. The predicted molar refractivity (Wildman–Crippen MR) is 106 cm³/mol. The van der Waals surface area contributed by atoms with Gasteiger partial charge >= 0.3 is 0 Å². The molecule has 2 saturated carbocycles. The third-order valence-electron chi connectivity index (χ3n) is 6.57. The van der Waals surface area contributed by atoms with E-state index in [0.717, 1.165) is 36.3 Å². The van der Waals surface area contributed by atoms with E-state index in [0.29, 0.717) is 6.04 Å². The largest absolute Gasteiger partial charge is 0.308 e.